The van der Waals surface area contributed by atoms with Crippen molar-refractivity contribution in [3.05, 3.63) is 23.4 Å². The van der Waals surface area contributed by atoms with Gasteiger partial charge < -0.3 is 0 Å². The lowest BCUT2D eigenvalue weighted by Gasteiger charge is -1.90. The molecule has 0 N–H and O–H groups in total. The summed E-state index contributed by atoms with van der Waals surface area (Å²) in [5.41, 5.74) is 2.51. The third kappa shape index (κ3) is 1.28. The zero-order chi connectivity index (χ0) is 6.69. The maximum atomic E-state index is 4.14. The highest BCUT2D eigenvalue weighted by Gasteiger charge is 2.00. The largest absolute Gasteiger partial charge is 0.265 e. The Morgan fingerprint density at radius 2 is 2.44 bits per heavy atom. The van der Waals surface area contributed by atoms with E-state index >= 15 is 0 Å². The molecule has 0 atom stereocenters. The molecule has 1 aliphatic heterocycles. The van der Waals surface area contributed by atoms with Gasteiger partial charge in [0, 0.05) is 18.3 Å². The second kappa shape index (κ2) is 2.62. The lowest BCUT2D eigenvalue weighted by molar-refractivity contribution is 1.27. The minimum atomic E-state index is 1.01. The van der Waals surface area contributed by atoms with Crippen molar-refractivity contribution in [3.8, 4) is 0 Å². The summed E-state index contributed by atoms with van der Waals surface area (Å²) >= 11 is 0. The molecular formula is C8H11N. The minimum Gasteiger partial charge on any atom is -0.265 e. The molecule has 1 nitrogen and oxygen atoms in total. The van der Waals surface area contributed by atoms with Crippen molar-refractivity contribution < 1.29 is 0 Å². The highest BCUT2D eigenvalue weighted by atomic mass is 14.7. The van der Waals surface area contributed by atoms with Gasteiger partial charge in [0.1, 0.15) is 0 Å². The van der Waals surface area contributed by atoms with Gasteiger partial charge in [-0.25, -0.2) is 0 Å². The monoisotopic (exact) mass is 121 g/mol. The maximum Gasteiger partial charge on any atom is 0.0404 e. The van der Waals surface area contributed by atoms with Crippen LogP contribution in [0.4, 0.5) is 0 Å². The zero-order valence-electron chi connectivity index (χ0n) is 5.89. The van der Waals surface area contributed by atoms with Crippen LogP contribution in [0.15, 0.2) is 28.4 Å². The highest BCUT2D eigenvalue weighted by Crippen LogP contribution is 2.15. The first kappa shape index (κ1) is 6.27. The van der Waals surface area contributed by atoms with E-state index in [1.165, 1.54) is 5.57 Å². The van der Waals surface area contributed by atoms with E-state index in [1.807, 2.05) is 26.1 Å². The smallest absolute Gasteiger partial charge is 0.0404 e. The van der Waals surface area contributed by atoms with Crippen LogP contribution < -0.4 is 0 Å². The van der Waals surface area contributed by atoms with Crippen molar-refractivity contribution in [3.63, 3.8) is 0 Å². The van der Waals surface area contributed by atoms with E-state index in [-0.39, 0.29) is 0 Å². The van der Waals surface area contributed by atoms with Gasteiger partial charge in [-0.15, -0.1) is 0 Å². The summed E-state index contributed by atoms with van der Waals surface area (Å²) in [7, 11) is 0. The molecule has 0 fully saturated rings. The first-order chi connectivity index (χ1) is 4.34. The fourth-order valence-corrected chi connectivity index (χ4v) is 0.901. The summed E-state index contributed by atoms with van der Waals surface area (Å²) in [5, 5.41) is 0. The van der Waals surface area contributed by atoms with Crippen LogP contribution >= 0.6 is 0 Å². The van der Waals surface area contributed by atoms with Gasteiger partial charge in [-0.2, -0.15) is 0 Å². The van der Waals surface area contributed by atoms with Gasteiger partial charge in [0.2, 0.25) is 0 Å². The Morgan fingerprint density at radius 3 is 2.89 bits per heavy atom. The zero-order valence-corrected chi connectivity index (χ0v) is 5.89. The number of aliphatic imine (C=N–C) groups is 1. The highest BCUT2D eigenvalue weighted by molar-refractivity contribution is 5.68. The van der Waals surface area contributed by atoms with Crippen molar-refractivity contribution in [2.24, 2.45) is 4.99 Å². The van der Waals surface area contributed by atoms with Crippen LogP contribution in [0.2, 0.25) is 0 Å². The van der Waals surface area contributed by atoms with Gasteiger partial charge >= 0.3 is 0 Å². The molecule has 0 saturated carbocycles. The number of rotatable bonds is 1. The Bertz CT molecular complexity index is 185. The molecule has 0 bridgehead atoms. The molecule has 0 aromatic heterocycles. The second-order valence-corrected chi connectivity index (χ2v) is 2.13. The summed E-state index contributed by atoms with van der Waals surface area (Å²) in [6.07, 6.45) is 7.12. The van der Waals surface area contributed by atoms with E-state index in [0.717, 1.165) is 12.1 Å². The summed E-state index contributed by atoms with van der Waals surface area (Å²) in [6, 6.07) is 0. The van der Waals surface area contributed by atoms with E-state index in [4.69, 9.17) is 0 Å². The van der Waals surface area contributed by atoms with Gasteiger partial charge in [-0.3, -0.25) is 4.99 Å². The van der Waals surface area contributed by atoms with E-state index in [2.05, 4.69) is 11.1 Å². The van der Waals surface area contributed by atoms with E-state index in [9.17, 15) is 0 Å². The van der Waals surface area contributed by atoms with Gasteiger partial charge in [-0.05, 0) is 19.4 Å². The normalized spacial score (nSPS) is 18.4. The average Bonchev–Trinajstić information content (AvgIpc) is 2.18. The SMILES string of the molecule is C/C=C\C1=C(C)N=CC1. The molecule has 0 aromatic carbocycles. The fraction of sp³-hybridized carbons (Fsp3) is 0.375. The van der Waals surface area contributed by atoms with Crippen molar-refractivity contribution >= 4 is 6.21 Å². The predicted octanol–water partition coefficient (Wildman–Crippen LogP) is 2.31. The van der Waals surface area contributed by atoms with Crippen LogP contribution in [0.3, 0.4) is 0 Å². The van der Waals surface area contributed by atoms with Crippen LogP contribution in [-0.4, -0.2) is 6.21 Å². The molecule has 0 spiro atoms. The molecule has 1 heteroatoms. The minimum absolute atomic E-state index is 1.01. The van der Waals surface area contributed by atoms with Crippen molar-refractivity contribution in [2.45, 2.75) is 20.3 Å². The van der Waals surface area contributed by atoms with Crippen molar-refractivity contribution in [1.82, 2.24) is 0 Å². The lowest BCUT2D eigenvalue weighted by atomic mass is 10.2. The molecule has 0 saturated heterocycles. The topological polar surface area (TPSA) is 12.4 Å². The van der Waals surface area contributed by atoms with Crippen LogP contribution in [-0.2, 0) is 0 Å². The molecule has 9 heavy (non-hydrogen) atoms. The summed E-state index contributed by atoms with van der Waals surface area (Å²) in [6.45, 7) is 4.07. The van der Waals surface area contributed by atoms with Crippen LogP contribution in [0.25, 0.3) is 0 Å². The lowest BCUT2D eigenvalue weighted by Crippen LogP contribution is -1.73. The summed E-state index contributed by atoms with van der Waals surface area (Å²) in [4.78, 5) is 4.14. The quantitative estimate of drug-likeness (QED) is 0.504. The molecule has 0 amide bonds. The molecule has 0 radical (unpaired) electrons. The van der Waals surface area contributed by atoms with Crippen LogP contribution in [0, 0.1) is 0 Å². The maximum absolute atomic E-state index is 4.14. The number of nitrogens with zero attached hydrogens (tertiary/aromatic N) is 1. The Morgan fingerprint density at radius 1 is 1.67 bits per heavy atom. The average molecular weight is 121 g/mol. The van der Waals surface area contributed by atoms with Crippen LogP contribution in [0.1, 0.15) is 20.3 Å². The number of allylic oxidation sites excluding steroid dienone is 4. The third-order valence-corrected chi connectivity index (χ3v) is 1.43. The Hall–Kier alpha value is -0.850. The number of hydrogen-bond acceptors (Lipinski definition) is 1. The molecule has 0 aromatic rings. The first-order valence-corrected chi connectivity index (χ1v) is 3.19. The van der Waals surface area contributed by atoms with E-state index < -0.39 is 0 Å². The summed E-state index contributed by atoms with van der Waals surface area (Å²) in [5.74, 6) is 0. The standard InChI is InChI=1S/C8H11N/c1-3-4-8-5-6-9-7(8)2/h3-4,6H,5H2,1-2H3/b4-3-. The third-order valence-electron chi connectivity index (χ3n) is 1.43. The fourth-order valence-electron chi connectivity index (χ4n) is 0.901. The predicted molar refractivity (Wildman–Crippen MR) is 40.6 cm³/mol. The van der Waals surface area contributed by atoms with Gasteiger partial charge in [-0.1, -0.05) is 12.2 Å². The van der Waals surface area contributed by atoms with Gasteiger partial charge in [0.05, 0.1) is 0 Å². The molecule has 1 aliphatic rings. The van der Waals surface area contributed by atoms with Crippen molar-refractivity contribution in [1.29, 1.82) is 0 Å². The summed E-state index contributed by atoms with van der Waals surface area (Å²) < 4.78 is 0. The molecule has 48 valence electrons. The number of hydrogen-bond donors (Lipinski definition) is 0. The first-order valence-electron chi connectivity index (χ1n) is 3.19. The Labute approximate surface area is 55.8 Å². The van der Waals surface area contributed by atoms with Gasteiger partial charge in [0.15, 0.2) is 0 Å². The van der Waals surface area contributed by atoms with Crippen molar-refractivity contribution in [2.75, 3.05) is 0 Å². The molecule has 0 unspecified atom stereocenters. The molecule has 1 heterocycles. The molecule has 0 aliphatic carbocycles. The van der Waals surface area contributed by atoms with E-state index in [0.29, 0.717) is 0 Å². The Balaban J connectivity index is 2.73. The van der Waals surface area contributed by atoms with Crippen LogP contribution in [0.5, 0.6) is 0 Å². The molecular weight excluding hydrogens is 110 g/mol. The Kier molecular flexibility index (Phi) is 1.83. The van der Waals surface area contributed by atoms with Gasteiger partial charge in [0.25, 0.3) is 0 Å². The van der Waals surface area contributed by atoms with E-state index in [1.54, 1.807) is 0 Å². The molecule has 1 rings (SSSR count). The second-order valence-electron chi connectivity index (χ2n) is 2.13.